The van der Waals surface area contributed by atoms with Crippen LogP contribution in [0.2, 0.25) is 0 Å². The van der Waals surface area contributed by atoms with E-state index in [-0.39, 0.29) is 16.4 Å². The second-order valence-corrected chi connectivity index (χ2v) is 7.62. The zero-order chi connectivity index (χ0) is 12.1. The number of rotatable bonds is 7. The predicted molar refractivity (Wildman–Crippen MR) is 66.3 cm³/mol. The highest BCUT2D eigenvalue weighted by Gasteiger charge is 2.15. The summed E-state index contributed by atoms with van der Waals surface area (Å²) in [5, 5.41) is 2.83. The van der Waals surface area contributed by atoms with Crippen molar-refractivity contribution in [3.8, 4) is 0 Å². The third-order valence-corrected chi connectivity index (χ3v) is 5.21. The molecule has 0 amide bonds. The normalized spacial score (nSPS) is 14.9. The molecule has 0 aromatic carbocycles. The van der Waals surface area contributed by atoms with Gasteiger partial charge in [0, 0.05) is 18.5 Å². The average Bonchev–Trinajstić information content (AvgIpc) is 2.11. The lowest BCUT2D eigenvalue weighted by molar-refractivity contribution is 0.549. The van der Waals surface area contributed by atoms with Gasteiger partial charge in [0.2, 0.25) is 0 Å². The van der Waals surface area contributed by atoms with Crippen LogP contribution in [0.15, 0.2) is 0 Å². The molecule has 0 saturated carbocycles. The molecule has 0 radical (unpaired) electrons. The minimum Gasteiger partial charge on any atom is -0.314 e. The Labute approximate surface area is 98.5 Å². The molecule has 1 unspecified atom stereocenters. The second kappa shape index (κ2) is 6.71. The monoisotopic (exact) mass is 255 g/mol. The molecule has 0 aromatic rings. The van der Waals surface area contributed by atoms with Crippen LogP contribution in [0, 0.1) is 5.92 Å². The fourth-order valence-corrected chi connectivity index (χ4v) is 1.94. The van der Waals surface area contributed by atoms with Crippen molar-refractivity contribution >= 4 is 21.4 Å². The molecule has 1 N–H and O–H groups in total. The van der Waals surface area contributed by atoms with Crippen LogP contribution in [0.3, 0.4) is 0 Å². The van der Waals surface area contributed by atoms with Gasteiger partial charge in [-0.3, -0.25) is 0 Å². The van der Waals surface area contributed by atoms with Gasteiger partial charge in [-0.1, -0.05) is 13.8 Å². The molecule has 0 spiro atoms. The number of sulfone groups is 1. The van der Waals surface area contributed by atoms with Crippen LogP contribution in [0.5, 0.6) is 0 Å². The molecule has 0 fully saturated rings. The number of alkyl halides is 1. The van der Waals surface area contributed by atoms with E-state index >= 15 is 0 Å². The van der Waals surface area contributed by atoms with Gasteiger partial charge >= 0.3 is 0 Å². The zero-order valence-electron chi connectivity index (χ0n) is 9.96. The average molecular weight is 256 g/mol. The molecule has 92 valence electrons. The van der Waals surface area contributed by atoms with Crippen molar-refractivity contribution in [2.45, 2.75) is 38.3 Å². The lowest BCUT2D eigenvalue weighted by Crippen LogP contribution is -2.32. The second-order valence-electron chi connectivity index (χ2n) is 4.38. The molecule has 1 atom stereocenters. The third kappa shape index (κ3) is 6.38. The smallest absolute Gasteiger partial charge is 0.153 e. The Morgan fingerprint density at radius 2 is 1.73 bits per heavy atom. The van der Waals surface area contributed by atoms with Gasteiger partial charge in [-0.05, 0) is 19.8 Å². The van der Waals surface area contributed by atoms with Crippen molar-refractivity contribution in [2.75, 3.05) is 18.8 Å². The quantitative estimate of drug-likeness (QED) is 0.556. The molecule has 0 aliphatic heterocycles. The van der Waals surface area contributed by atoms with Gasteiger partial charge in [-0.15, -0.1) is 11.6 Å². The van der Waals surface area contributed by atoms with E-state index in [0.717, 1.165) is 0 Å². The fourth-order valence-electron chi connectivity index (χ4n) is 0.926. The zero-order valence-corrected chi connectivity index (χ0v) is 11.5. The number of nitrogens with one attached hydrogen (secondary N) is 1. The van der Waals surface area contributed by atoms with E-state index in [4.69, 9.17) is 11.6 Å². The standard InChI is InChI=1S/C10H22ClNO2S/c1-8(2)10(11)7-12-5-6-15(13,14)9(3)4/h8-10,12H,5-7H2,1-4H3. The van der Waals surface area contributed by atoms with E-state index < -0.39 is 9.84 Å². The van der Waals surface area contributed by atoms with Gasteiger partial charge in [-0.2, -0.15) is 0 Å². The lowest BCUT2D eigenvalue weighted by Gasteiger charge is -2.14. The molecule has 0 bridgehead atoms. The summed E-state index contributed by atoms with van der Waals surface area (Å²) in [4.78, 5) is 0. The van der Waals surface area contributed by atoms with E-state index in [1.165, 1.54) is 0 Å². The molecular weight excluding hydrogens is 234 g/mol. The Hall–Kier alpha value is 0.200. The maximum absolute atomic E-state index is 11.4. The maximum Gasteiger partial charge on any atom is 0.153 e. The summed E-state index contributed by atoms with van der Waals surface area (Å²) in [7, 11) is -2.92. The molecule has 15 heavy (non-hydrogen) atoms. The Morgan fingerprint density at radius 1 is 1.20 bits per heavy atom. The summed E-state index contributed by atoms with van der Waals surface area (Å²) in [6, 6.07) is 0. The Morgan fingerprint density at radius 3 is 2.13 bits per heavy atom. The number of halogens is 1. The van der Waals surface area contributed by atoms with E-state index in [0.29, 0.717) is 19.0 Å². The summed E-state index contributed by atoms with van der Waals surface area (Å²) in [5.41, 5.74) is 0. The first-order chi connectivity index (χ1) is 6.77. The van der Waals surface area contributed by atoms with Crippen molar-refractivity contribution in [1.29, 1.82) is 0 Å². The van der Waals surface area contributed by atoms with Crippen molar-refractivity contribution in [3.63, 3.8) is 0 Å². The molecular formula is C10H22ClNO2S. The minimum absolute atomic E-state index is 0.0618. The van der Waals surface area contributed by atoms with Gasteiger partial charge in [0.15, 0.2) is 9.84 Å². The van der Waals surface area contributed by atoms with E-state index in [2.05, 4.69) is 5.32 Å². The van der Waals surface area contributed by atoms with E-state index in [1.807, 2.05) is 13.8 Å². The number of hydrogen-bond donors (Lipinski definition) is 1. The molecule has 0 aliphatic carbocycles. The van der Waals surface area contributed by atoms with Crippen LogP contribution in [0.25, 0.3) is 0 Å². The van der Waals surface area contributed by atoms with Gasteiger partial charge < -0.3 is 5.32 Å². The van der Waals surface area contributed by atoms with Crippen LogP contribution < -0.4 is 5.32 Å². The first kappa shape index (κ1) is 15.2. The molecule has 0 aromatic heterocycles. The Balaban J connectivity index is 3.73. The Bertz CT molecular complexity index is 263. The highest BCUT2D eigenvalue weighted by molar-refractivity contribution is 7.92. The van der Waals surface area contributed by atoms with E-state index in [1.54, 1.807) is 13.8 Å². The number of hydrogen-bond acceptors (Lipinski definition) is 3. The fraction of sp³-hybridized carbons (Fsp3) is 1.00. The van der Waals surface area contributed by atoms with Crippen molar-refractivity contribution in [2.24, 2.45) is 5.92 Å². The topological polar surface area (TPSA) is 46.2 Å². The summed E-state index contributed by atoms with van der Waals surface area (Å²) in [6.07, 6.45) is 0. The largest absolute Gasteiger partial charge is 0.314 e. The summed E-state index contributed by atoms with van der Waals surface area (Å²) >= 11 is 6.02. The SMILES string of the molecule is CC(C)C(Cl)CNCCS(=O)(=O)C(C)C. The van der Waals surface area contributed by atoms with Crippen LogP contribution in [-0.2, 0) is 9.84 Å². The highest BCUT2D eigenvalue weighted by atomic mass is 35.5. The minimum atomic E-state index is -2.92. The van der Waals surface area contributed by atoms with Crippen LogP contribution in [-0.4, -0.2) is 37.9 Å². The van der Waals surface area contributed by atoms with Gasteiger partial charge in [0.25, 0.3) is 0 Å². The molecule has 5 heteroatoms. The van der Waals surface area contributed by atoms with E-state index in [9.17, 15) is 8.42 Å². The maximum atomic E-state index is 11.4. The molecule has 0 aliphatic rings. The molecule has 0 rings (SSSR count). The van der Waals surface area contributed by atoms with Gasteiger partial charge in [0.05, 0.1) is 11.0 Å². The van der Waals surface area contributed by atoms with Gasteiger partial charge in [0.1, 0.15) is 0 Å². The van der Waals surface area contributed by atoms with Crippen molar-refractivity contribution < 1.29 is 8.42 Å². The first-order valence-corrected chi connectivity index (χ1v) is 7.49. The van der Waals surface area contributed by atoms with Crippen molar-refractivity contribution in [1.82, 2.24) is 5.32 Å². The molecule has 0 heterocycles. The molecule has 3 nitrogen and oxygen atoms in total. The summed E-state index contributed by atoms with van der Waals surface area (Å²) in [5.74, 6) is 0.590. The van der Waals surface area contributed by atoms with Gasteiger partial charge in [-0.25, -0.2) is 8.42 Å². The first-order valence-electron chi connectivity index (χ1n) is 5.33. The van der Waals surface area contributed by atoms with Crippen molar-refractivity contribution in [3.05, 3.63) is 0 Å². The summed E-state index contributed by atoms with van der Waals surface area (Å²) in [6.45, 7) is 8.64. The van der Waals surface area contributed by atoms with Crippen LogP contribution >= 0.6 is 11.6 Å². The lowest BCUT2D eigenvalue weighted by atomic mass is 10.1. The Kier molecular flexibility index (Phi) is 6.80. The summed E-state index contributed by atoms with van der Waals surface area (Å²) < 4.78 is 22.9. The van der Waals surface area contributed by atoms with Crippen LogP contribution in [0.1, 0.15) is 27.7 Å². The molecule has 0 saturated heterocycles. The predicted octanol–water partition coefficient (Wildman–Crippen LogP) is 1.66. The third-order valence-electron chi connectivity index (χ3n) is 2.34. The van der Waals surface area contributed by atoms with Crippen LogP contribution in [0.4, 0.5) is 0 Å². The highest BCUT2D eigenvalue weighted by Crippen LogP contribution is 2.07.